The average Bonchev–Trinajstić information content (AvgIpc) is 2.85. The summed E-state index contributed by atoms with van der Waals surface area (Å²) in [5.74, 6) is 0.144. The van der Waals surface area contributed by atoms with Crippen LogP contribution in [0.4, 0.5) is 0 Å². The van der Waals surface area contributed by atoms with Crippen molar-refractivity contribution in [3.05, 3.63) is 28.2 Å². The largest absolute Gasteiger partial charge is 0.366 e. The summed E-state index contributed by atoms with van der Waals surface area (Å²) in [6.45, 7) is 4.31. The van der Waals surface area contributed by atoms with Gasteiger partial charge in [-0.3, -0.25) is 4.48 Å². The fourth-order valence-electron chi connectivity index (χ4n) is 5.91. The van der Waals surface area contributed by atoms with E-state index in [0.29, 0.717) is 23.5 Å². The van der Waals surface area contributed by atoms with Crippen molar-refractivity contribution in [3.63, 3.8) is 0 Å². The Kier molecular flexibility index (Phi) is 8.94. The molecule has 3 saturated heterocycles. The summed E-state index contributed by atoms with van der Waals surface area (Å²) < 4.78 is 34.9. The first-order valence-corrected chi connectivity index (χ1v) is 14.7. The van der Waals surface area contributed by atoms with Crippen molar-refractivity contribution in [3.8, 4) is 0 Å². The normalized spacial score (nSPS) is 24.7. The Morgan fingerprint density at radius 1 is 1.03 bits per heavy atom. The highest BCUT2D eigenvalue weighted by Gasteiger charge is 2.45. The van der Waals surface area contributed by atoms with E-state index in [9.17, 15) is 13.2 Å². The molecule has 7 nitrogen and oxygen atoms in total. The van der Waals surface area contributed by atoms with Crippen molar-refractivity contribution < 1.29 is 22.4 Å². The maximum atomic E-state index is 13.5. The second kappa shape index (κ2) is 11.5. The van der Waals surface area contributed by atoms with Gasteiger partial charge in [0.25, 0.3) is 0 Å². The number of sulfonamides is 1. The van der Waals surface area contributed by atoms with E-state index in [1.165, 1.54) is 22.9 Å². The van der Waals surface area contributed by atoms with Gasteiger partial charge >= 0.3 is 5.91 Å². The van der Waals surface area contributed by atoms with Gasteiger partial charge in [0.15, 0.2) is 6.61 Å². The molecule has 0 spiro atoms. The third-order valence-electron chi connectivity index (χ3n) is 7.71. The Morgan fingerprint density at radius 2 is 1.71 bits per heavy atom. The summed E-state index contributed by atoms with van der Waals surface area (Å²) >= 11 is 12.5. The molecule has 1 aromatic rings. The van der Waals surface area contributed by atoms with E-state index < -0.39 is 10.0 Å². The second-order valence-electron chi connectivity index (χ2n) is 9.75. The van der Waals surface area contributed by atoms with Crippen LogP contribution in [0.5, 0.6) is 0 Å². The predicted octanol–water partition coefficient (Wildman–Crippen LogP) is 3.83. The van der Waals surface area contributed by atoms with E-state index in [-0.39, 0.29) is 40.1 Å². The van der Waals surface area contributed by atoms with Crippen LogP contribution in [0.2, 0.25) is 10.0 Å². The number of nitrogens with one attached hydrogen (secondary N) is 1. The van der Waals surface area contributed by atoms with Gasteiger partial charge < -0.3 is 10.1 Å². The monoisotopic (exact) mass is 532 g/mol. The molecular formula is C24H36Cl2N3O4S+. The number of ether oxygens (including phenoxy) is 1. The summed E-state index contributed by atoms with van der Waals surface area (Å²) in [6.07, 6.45) is 7.72. The van der Waals surface area contributed by atoms with Crippen molar-refractivity contribution in [2.45, 2.75) is 68.3 Å². The molecule has 1 N–H and O–H groups in total. The van der Waals surface area contributed by atoms with Crippen LogP contribution < -0.4 is 5.32 Å². The number of hydrogen-bond donors (Lipinski definition) is 1. The smallest absolute Gasteiger partial charge is 0.339 e. The van der Waals surface area contributed by atoms with Gasteiger partial charge in [0.05, 0.1) is 35.8 Å². The highest BCUT2D eigenvalue weighted by Crippen LogP contribution is 2.34. The van der Waals surface area contributed by atoms with Gasteiger partial charge in [0, 0.05) is 38.5 Å². The van der Waals surface area contributed by atoms with E-state index in [2.05, 4.69) is 5.32 Å². The lowest BCUT2D eigenvalue weighted by Gasteiger charge is -2.46. The number of benzene rings is 1. The Morgan fingerprint density at radius 3 is 2.38 bits per heavy atom. The van der Waals surface area contributed by atoms with Crippen LogP contribution in [0, 0.1) is 0 Å². The minimum Gasteiger partial charge on any atom is -0.366 e. The van der Waals surface area contributed by atoms with Crippen LogP contribution in [0.1, 0.15) is 51.4 Å². The number of rotatable bonds is 7. The summed E-state index contributed by atoms with van der Waals surface area (Å²) in [5.41, 5.74) is 0. The highest BCUT2D eigenvalue weighted by atomic mass is 35.5. The summed E-state index contributed by atoms with van der Waals surface area (Å²) in [6, 6.07) is 4.72. The minimum atomic E-state index is -3.88. The molecule has 1 aromatic carbocycles. The number of nitrogens with zero attached hydrogens (tertiary/aromatic N) is 2. The molecule has 3 fully saturated rings. The zero-order valence-corrected chi connectivity index (χ0v) is 22.0. The Hall–Kier alpha value is -0.740. The second-order valence-corrected chi connectivity index (χ2v) is 12.4. The molecule has 4 rings (SSSR count). The number of piperidine rings is 3. The topological polar surface area (TPSA) is 75.7 Å². The molecule has 1 atom stereocenters. The molecular weight excluding hydrogens is 497 g/mol. The quantitative estimate of drug-likeness (QED) is 0.540. The molecule has 0 aromatic heterocycles. The van der Waals surface area contributed by atoms with Crippen LogP contribution in [0.25, 0.3) is 0 Å². The van der Waals surface area contributed by atoms with Gasteiger partial charge in [0.1, 0.15) is 4.90 Å². The summed E-state index contributed by atoms with van der Waals surface area (Å²) in [7, 11) is -3.88. The van der Waals surface area contributed by atoms with Crippen molar-refractivity contribution in [1.29, 1.82) is 0 Å². The molecule has 190 valence electrons. The molecule has 34 heavy (non-hydrogen) atoms. The molecule has 0 aliphatic carbocycles. The SMILES string of the molecule is O=C(COCC1CCCCN1S(=O)(=O)c1c(Cl)cccc1Cl)[N+]1(C2CCNCC2)CCCCC1. The molecule has 3 aliphatic heterocycles. The number of carbonyl (C=O) groups is 1. The van der Waals surface area contributed by atoms with E-state index in [1.54, 1.807) is 6.07 Å². The molecule has 1 amide bonds. The summed E-state index contributed by atoms with van der Waals surface area (Å²) in [4.78, 5) is 13.5. The van der Waals surface area contributed by atoms with E-state index in [1.807, 2.05) is 0 Å². The van der Waals surface area contributed by atoms with Gasteiger partial charge in [-0.25, -0.2) is 13.2 Å². The van der Waals surface area contributed by atoms with Gasteiger partial charge in [-0.1, -0.05) is 35.7 Å². The highest BCUT2D eigenvalue weighted by molar-refractivity contribution is 7.89. The molecule has 3 aliphatic rings. The number of quaternary nitrogens is 1. The van der Waals surface area contributed by atoms with Crippen molar-refractivity contribution in [1.82, 2.24) is 9.62 Å². The fraction of sp³-hybridized carbons (Fsp3) is 0.708. The van der Waals surface area contributed by atoms with E-state index in [0.717, 1.165) is 64.7 Å². The van der Waals surface area contributed by atoms with Crippen molar-refractivity contribution in [2.24, 2.45) is 0 Å². The zero-order valence-electron chi connectivity index (χ0n) is 19.7. The Labute approximate surface area is 213 Å². The lowest BCUT2D eigenvalue weighted by molar-refractivity contribution is -0.885. The lowest BCUT2D eigenvalue weighted by atomic mass is 9.96. The molecule has 0 bridgehead atoms. The molecule has 10 heteroatoms. The van der Waals surface area contributed by atoms with Crippen LogP contribution in [0.15, 0.2) is 23.1 Å². The van der Waals surface area contributed by atoms with Crippen LogP contribution in [0.3, 0.4) is 0 Å². The van der Waals surface area contributed by atoms with Crippen LogP contribution >= 0.6 is 23.2 Å². The number of hydrogen-bond acceptors (Lipinski definition) is 5. The first kappa shape index (κ1) is 26.3. The number of halogens is 2. The van der Waals surface area contributed by atoms with Gasteiger partial charge in [-0.05, 0) is 44.2 Å². The first-order chi connectivity index (χ1) is 16.4. The Bertz CT molecular complexity index is 943. The number of amides is 1. The molecule has 3 heterocycles. The first-order valence-electron chi connectivity index (χ1n) is 12.5. The van der Waals surface area contributed by atoms with Crippen LogP contribution in [-0.4, -0.2) is 81.1 Å². The number of carbonyl (C=O) groups excluding carboxylic acids is 1. The van der Waals surface area contributed by atoms with Crippen molar-refractivity contribution in [2.75, 3.05) is 45.9 Å². The summed E-state index contributed by atoms with van der Waals surface area (Å²) in [5, 5.41) is 3.64. The fourth-order valence-corrected chi connectivity index (χ4v) is 8.68. The third kappa shape index (κ3) is 5.48. The van der Waals surface area contributed by atoms with E-state index >= 15 is 0 Å². The van der Waals surface area contributed by atoms with Gasteiger partial charge in [0.2, 0.25) is 10.0 Å². The standard InChI is InChI=1S/C24H36Cl2N3O4S/c25-21-8-6-9-22(26)24(21)34(31,32)28-14-3-2-7-19(28)17-33-18-23(30)29(15-4-1-5-16-29)20-10-12-27-13-11-20/h6,8-9,19-20,27H,1-5,7,10-18H2/q+1. The van der Waals surface area contributed by atoms with Crippen LogP contribution in [-0.2, 0) is 19.6 Å². The molecule has 0 radical (unpaired) electrons. The van der Waals surface area contributed by atoms with Crippen molar-refractivity contribution >= 4 is 39.1 Å². The maximum Gasteiger partial charge on any atom is 0.339 e. The zero-order chi connectivity index (χ0) is 24.2. The lowest BCUT2D eigenvalue weighted by Crippen LogP contribution is -2.64. The van der Waals surface area contributed by atoms with Gasteiger partial charge in [-0.15, -0.1) is 0 Å². The predicted molar refractivity (Wildman–Crippen MR) is 134 cm³/mol. The van der Waals surface area contributed by atoms with Gasteiger partial charge in [-0.2, -0.15) is 4.31 Å². The average molecular weight is 534 g/mol. The third-order valence-corrected chi connectivity index (χ3v) is 10.6. The Balaban J connectivity index is 1.44. The number of likely N-dealkylation sites (tertiary alicyclic amines) is 1. The molecule has 0 saturated carbocycles. The maximum absolute atomic E-state index is 13.5. The molecule has 1 unspecified atom stereocenters. The minimum absolute atomic E-state index is 0.0289. The van der Waals surface area contributed by atoms with E-state index in [4.69, 9.17) is 27.9 Å².